The standard InChI is InChI=1S/C13H12BrF3N2O3S/c1-19-12(13(15,16)17)6-9(18-19)7-23(20,21)11-5-8(14)3-4-10(11)22-2/h3-6H,7H2,1-2H3. The quantitative estimate of drug-likeness (QED) is 0.773. The van der Waals surface area contributed by atoms with E-state index in [1.807, 2.05) is 0 Å². The van der Waals surface area contributed by atoms with Crippen LogP contribution in [0, 0.1) is 0 Å². The molecule has 0 aliphatic rings. The molecule has 2 aromatic rings. The van der Waals surface area contributed by atoms with Crippen LogP contribution >= 0.6 is 15.9 Å². The van der Waals surface area contributed by atoms with Gasteiger partial charge in [0.2, 0.25) is 0 Å². The second-order valence-corrected chi connectivity index (χ2v) is 7.57. The molecule has 1 aromatic heterocycles. The predicted molar refractivity (Wildman–Crippen MR) is 79.8 cm³/mol. The first-order valence-corrected chi connectivity index (χ1v) is 8.65. The molecule has 0 aliphatic heterocycles. The summed E-state index contributed by atoms with van der Waals surface area (Å²) in [6.45, 7) is 0. The molecule has 0 radical (unpaired) electrons. The Labute approximate surface area is 139 Å². The highest BCUT2D eigenvalue weighted by atomic mass is 79.9. The third kappa shape index (κ3) is 3.86. The molecule has 0 saturated heterocycles. The lowest BCUT2D eigenvalue weighted by Crippen LogP contribution is -2.11. The first-order valence-electron chi connectivity index (χ1n) is 6.21. The Balaban J connectivity index is 2.42. The minimum atomic E-state index is -4.60. The SMILES string of the molecule is COc1ccc(Br)cc1S(=O)(=O)Cc1cc(C(F)(F)F)n(C)n1. The number of halogens is 4. The van der Waals surface area contributed by atoms with Crippen LogP contribution in [0.5, 0.6) is 5.75 Å². The molecule has 1 heterocycles. The summed E-state index contributed by atoms with van der Waals surface area (Å²) in [7, 11) is -1.51. The molecule has 0 saturated carbocycles. The Bertz CT molecular complexity index is 831. The molecule has 23 heavy (non-hydrogen) atoms. The lowest BCUT2D eigenvalue weighted by Gasteiger charge is -2.09. The number of rotatable bonds is 4. The fraction of sp³-hybridized carbons (Fsp3) is 0.308. The van der Waals surface area contributed by atoms with Crippen LogP contribution in [0.1, 0.15) is 11.4 Å². The molecular weight excluding hydrogens is 401 g/mol. The van der Waals surface area contributed by atoms with Crippen molar-refractivity contribution >= 4 is 25.8 Å². The van der Waals surface area contributed by atoms with Gasteiger partial charge in [-0.1, -0.05) is 15.9 Å². The molecule has 0 amide bonds. The summed E-state index contributed by atoms with van der Waals surface area (Å²) in [5, 5.41) is 3.63. The number of alkyl halides is 3. The maximum Gasteiger partial charge on any atom is 0.433 e. The lowest BCUT2D eigenvalue weighted by molar-refractivity contribution is -0.143. The molecule has 0 N–H and O–H groups in total. The minimum absolute atomic E-state index is 0.111. The fourth-order valence-corrected chi connectivity index (χ4v) is 3.99. The van der Waals surface area contributed by atoms with Gasteiger partial charge in [-0.2, -0.15) is 18.3 Å². The van der Waals surface area contributed by atoms with Crippen LogP contribution in [0.3, 0.4) is 0 Å². The van der Waals surface area contributed by atoms with E-state index in [2.05, 4.69) is 21.0 Å². The zero-order valence-corrected chi connectivity index (χ0v) is 14.5. The van der Waals surface area contributed by atoms with Crippen molar-refractivity contribution in [1.82, 2.24) is 9.78 Å². The van der Waals surface area contributed by atoms with Crippen molar-refractivity contribution in [2.24, 2.45) is 7.05 Å². The maximum atomic E-state index is 12.8. The number of hydrogen-bond acceptors (Lipinski definition) is 4. The Hall–Kier alpha value is -1.55. The number of methoxy groups -OCH3 is 1. The van der Waals surface area contributed by atoms with Gasteiger partial charge in [-0.25, -0.2) is 8.42 Å². The third-order valence-electron chi connectivity index (χ3n) is 3.02. The van der Waals surface area contributed by atoms with Gasteiger partial charge in [0.05, 0.1) is 18.6 Å². The maximum absolute atomic E-state index is 12.8. The van der Waals surface area contributed by atoms with Crippen LogP contribution in [0.15, 0.2) is 33.6 Å². The van der Waals surface area contributed by atoms with E-state index < -0.39 is 27.5 Å². The van der Waals surface area contributed by atoms with Gasteiger partial charge in [-0.15, -0.1) is 0 Å². The van der Waals surface area contributed by atoms with Gasteiger partial charge in [0.15, 0.2) is 9.84 Å². The van der Waals surface area contributed by atoms with Gasteiger partial charge in [0.25, 0.3) is 0 Å². The summed E-state index contributed by atoms with van der Waals surface area (Å²) in [4.78, 5) is -0.117. The number of aromatic nitrogens is 2. The largest absolute Gasteiger partial charge is 0.495 e. The number of aryl methyl sites for hydroxylation is 1. The highest BCUT2D eigenvalue weighted by molar-refractivity contribution is 9.10. The average Bonchev–Trinajstić information content (AvgIpc) is 2.78. The molecular formula is C13H12BrF3N2O3S. The topological polar surface area (TPSA) is 61.2 Å². The van der Waals surface area contributed by atoms with Gasteiger partial charge in [0, 0.05) is 11.5 Å². The predicted octanol–water partition coefficient (Wildman–Crippen LogP) is 3.18. The smallest absolute Gasteiger partial charge is 0.433 e. The molecule has 0 spiro atoms. The average molecular weight is 413 g/mol. The van der Waals surface area contributed by atoms with Crippen LogP contribution in [0.25, 0.3) is 0 Å². The number of nitrogens with zero attached hydrogens (tertiary/aromatic N) is 2. The normalized spacial score (nSPS) is 12.4. The van der Waals surface area contributed by atoms with Gasteiger partial charge in [0.1, 0.15) is 16.3 Å². The van der Waals surface area contributed by atoms with Crippen LogP contribution < -0.4 is 4.74 Å². The highest BCUT2D eigenvalue weighted by Gasteiger charge is 2.35. The molecule has 5 nitrogen and oxygen atoms in total. The van der Waals surface area contributed by atoms with Gasteiger partial charge >= 0.3 is 6.18 Å². The summed E-state index contributed by atoms with van der Waals surface area (Å²) in [6, 6.07) is 5.11. The van der Waals surface area contributed by atoms with Gasteiger partial charge < -0.3 is 4.74 Å². The van der Waals surface area contributed by atoms with E-state index in [1.54, 1.807) is 6.07 Å². The molecule has 126 valence electrons. The van der Waals surface area contributed by atoms with Gasteiger partial charge in [-0.3, -0.25) is 4.68 Å². The molecule has 0 unspecified atom stereocenters. The van der Waals surface area contributed by atoms with Crippen molar-refractivity contribution in [2.75, 3.05) is 7.11 Å². The van der Waals surface area contributed by atoms with E-state index in [1.165, 1.54) is 19.2 Å². The zero-order valence-electron chi connectivity index (χ0n) is 12.1. The van der Waals surface area contributed by atoms with Crippen molar-refractivity contribution in [1.29, 1.82) is 0 Å². The van der Waals surface area contributed by atoms with E-state index >= 15 is 0 Å². The van der Waals surface area contributed by atoms with Gasteiger partial charge in [-0.05, 0) is 24.3 Å². The minimum Gasteiger partial charge on any atom is -0.495 e. The number of hydrogen-bond donors (Lipinski definition) is 0. The van der Waals surface area contributed by atoms with E-state index in [0.717, 1.165) is 13.1 Å². The number of benzene rings is 1. The second kappa shape index (κ2) is 6.16. The van der Waals surface area contributed by atoms with E-state index in [4.69, 9.17) is 4.74 Å². The van der Waals surface area contributed by atoms with Crippen LogP contribution in [0.2, 0.25) is 0 Å². The summed E-state index contributed by atoms with van der Waals surface area (Å²) in [5.41, 5.74) is -1.20. The molecule has 1 aromatic carbocycles. The Morgan fingerprint density at radius 1 is 1.30 bits per heavy atom. The first-order chi connectivity index (χ1) is 10.5. The van der Waals surface area contributed by atoms with Crippen molar-refractivity contribution in [3.05, 3.63) is 40.1 Å². The summed E-state index contributed by atoms with van der Waals surface area (Å²) in [6.07, 6.45) is -4.60. The summed E-state index contributed by atoms with van der Waals surface area (Å²) >= 11 is 3.16. The van der Waals surface area contributed by atoms with E-state index in [9.17, 15) is 21.6 Å². The molecule has 0 fully saturated rings. The Morgan fingerprint density at radius 2 is 1.96 bits per heavy atom. The monoisotopic (exact) mass is 412 g/mol. The molecule has 0 atom stereocenters. The van der Waals surface area contributed by atoms with Crippen LogP contribution in [-0.2, 0) is 28.8 Å². The fourth-order valence-electron chi connectivity index (χ4n) is 2.03. The number of sulfone groups is 1. The molecule has 0 bridgehead atoms. The summed E-state index contributed by atoms with van der Waals surface area (Å²) < 4.78 is 69.3. The van der Waals surface area contributed by atoms with Crippen LogP contribution in [0.4, 0.5) is 13.2 Å². The van der Waals surface area contributed by atoms with E-state index in [-0.39, 0.29) is 16.3 Å². The zero-order chi connectivity index (χ0) is 17.4. The second-order valence-electron chi connectivity index (χ2n) is 4.70. The van der Waals surface area contributed by atoms with Crippen molar-refractivity contribution in [2.45, 2.75) is 16.8 Å². The van der Waals surface area contributed by atoms with Crippen molar-refractivity contribution in [3.63, 3.8) is 0 Å². The van der Waals surface area contributed by atoms with Crippen molar-refractivity contribution < 1.29 is 26.3 Å². The van der Waals surface area contributed by atoms with Crippen LogP contribution in [-0.4, -0.2) is 25.3 Å². The Kier molecular flexibility index (Phi) is 4.76. The third-order valence-corrected chi connectivity index (χ3v) is 5.18. The molecule has 2 rings (SSSR count). The first kappa shape index (κ1) is 17.8. The highest BCUT2D eigenvalue weighted by Crippen LogP contribution is 2.32. The van der Waals surface area contributed by atoms with E-state index in [0.29, 0.717) is 9.15 Å². The summed E-state index contributed by atoms with van der Waals surface area (Å²) in [5.74, 6) is -0.552. The molecule has 0 aliphatic carbocycles. The van der Waals surface area contributed by atoms with Crippen molar-refractivity contribution in [3.8, 4) is 5.75 Å². The Morgan fingerprint density at radius 3 is 2.48 bits per heavy atom. The number of ether oxygens (including phenoxy) is 1. The molecule has 10 heteroatoms. The lowest BCUT2D eigenvalue weighted by atomic mass is 10.3.